The Labute approximate surface area is 111 Å². The summed E-state index contributed by atoms with van der Waals surface area (Å²) < 4.78 is 0. The van der Waals surface area contributed by atoms with E-state index in [4.69, 9.17) is 10.8 Å². The van der Waals surface area contributed by atoms with Gasteiger partial charge in [0.15, 0.2) is 11.5 Å². The summed E-state index contributed by atoms with van der Waals surface area (Å²) in [5.41, 5.74) is 8.32. The van der Waals surface area contributed by atoms with Crippen LogP contribution in [0, 0.1) is 6.92 Å². The molecule has 5 heteroatoms. The molecular weight excluding hydrogens is 242 g/mol. The maximum atomic E-state index is 10.9. The number of nitrogens with two attached hydrogens (primary N) is 1. The summed E-state index contributed by atoms with van der Waals surface area (Å²) in [4.78, 5) is 16.8. The van der Waals surface area contributed by atoms with Crippen LogP contribution in [0.5, 0.6) is 0 Å². The number of carboxylic acid groups (broad SMARTS) is 1. The fourth-order valence-corrected chi connectivity index (χ4v) is 1.74. The molecule has 1 aromatic heterocycles. The topological polar surface area (TPSA) is 79.5 Å². The minimum absolute atomic E-state index is 0.0249. The van der Waals surface area contributed by atoms with Crippen LogP contribution in [0.4, 0.5) is 17.2 Å². The molecule has 0 saturated heterocycles. The second-order valence-electron chi connectivity index (χ2n) is 4.31. The van der Waals surface area contributed by atoms with Gasteiger partial charge in [-0.15, -0.1) is 0 Å². The molecule has 0 atom stereocenters. The lowest BCUT2D eigenvalue weighted by molar-refractivity contribution is 0.0690. The normalized spacial score (nSPS) is 10.2. The number of nitrogen functional groups attached to an aromatic ring is 1. The number of aromatic nitrogens is 1. The Morgan fingerprint density at radius 3 is 2.42 bits per heavy atom. The number of hydrogen-bond acceptors (Lipinski definition) is 4. The Balaban J connectivity index is 2.42. The number of hydrogen-bond donors (Lipinski definition) is 2. The van der Waals surface area contributed by atoms with E-state index in [2.05, 4.69) is 4.98 Å². The summed E-state index contributed by atoms with van der Waals surface area (Å²) in [5.74, 6) is -0.637. The molecule has 0 spiro atoms. The highest BCUT2D eigenvalue weighted by Crippen LogP contribution is 2.27. The second-order valence-corrected chi connectivity index (χ2v) is 4.31. The van der Waals surface area contributed by atoms with Crippen molar-refractivity contribution in [2.45, 2.75) is 6.92 Å². The molecule has 0 unspecified atom stereocenters. The van der Waals surface area contributed by atoms with E-state index in [1.165, 1.54) is 6.07 Å². The molecule has 3 N–H and O–H groups in total. The first-order valence-electron chi connectivity index (χ1n) is 5.79. The SMILES string of the molecule is Cc1ccc(N(C)c2nc(C(=O)O)ccc2N)cc1. The first kappa shape index (κ1) is 12.9. The Bertz CT molecular complexity index is 609. The van der Waals surface area contributed by atoms with Crippen LogP contribution in [-0.4, -0.2) is 23.1 Å². The molecular formula is C14H15N3O2. The van der Waals surface area contributed by atoms with Crippen molar-refractivity contribution in [2.75, 3.05) is 17.7 Å². The van der Waals surface area contributed by atoms with Gasteiger partial charge >= 0.3 is 5.97 Å². The van der Waals surface area contributed by atoms with E-state index in [-0.39, 0.29) is 5.69 Å². The van der Waals surface area contributed by atoms with Gasteiger partial charge in [-0.25, -0.2) is 9.78 Å². The Morgan fingerprint density at radius 2 is 1.84 bits per heavy atom. The maximum absolute atomic E-state index is 10.9. The smallest absolute Gasteiger partial charge is 0.354 e. The molecule has 0 aliphatic rings. The van der Waals surface area contributed by atoms with Gasteiger partial charge in [-0.3, -0.25) is 0 Å². The van der Waals surface area contributed by atoms with Gasteiger partial charge in [-0.2, -0.15) is 0 Å². The highest BCUT2D eigenvalue weighted by Gasteiger charge is 2.13. The van der Waals surface area contributed by atoms with E-state index >= 15 is 0 Å². The zero-order valence-electron chi connectivity index (χ0n) is 10.8. The van der Waals surface area contributed by atoms with E-state index in [0.717, 1.165) is 11.3 Å². The van der Waals surface area contributed by atoms with Crippen molar-refractivity contribution in [1.82, 2.24) is 4.98 Å². The number of anilines is 3. The van der Waals surface area contributed by atoms with Crippen LogP contribution >= 0.6 is 0 Å². The van der Waals surface area contributed by atoms with Crippen LogP contribution in [0.25, 0.3) is 0 Å². The van der Waals surface area contributed by atoms with Gasteiger partial charge in [0.1, 0.15) is 0 Å². The largest absolute Gasteiger partial charge is 0.477 e. The van der Waals surface area contributed by atoms with Gasteiger partial charge < -0.3 is 15.7 Å². The number of carboxylic acids is 1. The van der Waals surface area contributed by atoms with E-state index < -0.39 is 5.97 Å². The first-order chi connectivity index (χ1) is 8.99. The van der Waals surface area contributed by atoms with Crippen LogP contribution in [0.2, 0.25) is 0 Å². The summed E-state index contributed by atoms with van der Waals surface area (Å²) in [5, 5.41) is 8.97. The van der Waals surface area contributed by atoms with Crippen molar-refractivity contribution in [2.24, 2.45) is 0 Å². The molecule has 5 nitrogen and oxygen atoms in total. The molecule has 0 bridgehead atoms. The first-order valence-corrected chi connectivity index (χ1v) is 5.79. The molecule has 2 rings (SSSR count). The number of carbonyl (C=O) groups is 1. The quantitative estimate of drug-likeness (QED) is 0.882. The molecule has 0 aliphatic carbocycles. The molecule has 0 radical (unpaired) electrons. The van der Waals surface area contributed by atoms with Crippen LogP contribution in [0.1, 0.15) is 16.1 Å². The van der Waals surface area contributed by atoms with Gasteiger partial charge in [0.25, 0.3) is 0 Å². The van der Waals surface area contributed by atoms with Crippen molar-refractivity contribution in [3.63, 3.8) is 0 Å². The average Bonchev–Trinajstić information content (AvgIpc) is 2.39. The zero-order chi connectivity index (χ0) is 14.0. The second kappa shape index (κ2) is 4.97. The lowest BCUT2D eigenvalue weighted by atomic mass is 10.2. The fraction of sp³-hybridized carbons (Fsp3) is 0.143. The third kappa shape index (κ3) is 2.65. The van der Waals surface area contributed by atoms with Crippen molar-refractivity contribution >= 4 is 23.2 Å². The van der Waals surface area contributed by atoms with Crippen molar-refractivity contribution in [3.8, 4) is 0 Å². The predicted octanol–water partition coefficient (Wildman–Crippen LogP) is 2.44. The molecule has 0 fully saturated rings. The van der Waals surface area contributed by atoms with E-state index in [1.54, 1.807) is 18.0 Å². The predicted molar refractivity (Wildman–Crippen MR) is 74.9 cm³/mol. The van der Waals surface area contributed by atoms with Gasteiger partial charge in [0.2, 0.25) is 0 Å². The number of rotatable bonds is 3. The lowest BCUT2D eigenvalue weighted by Crippen LogP contribution is -2.15. The van der Waals surface area contributed by atoms with Crippen molar-refractivity contribution in [3.05, 3.63) is 47.7 Å². The lowest BCUT2D eigenvalue weighted by Gasteiger charge is -2.20. The number of aromatic carboxylic acids is 1. The highest BCUT2D eigenvalue weighted by molar-refractivity contribution is 5.87. The fourth-order valence-electron chi connectivity index (χ4n) is 1.74. The summed E-state index contributed by atoms with van der Waals surface area (Å²) in [6.07, 6.45) is 0. The molecule has 1 heterocycles. The average molecular weight is 257 g/mol. The van der Waals surface area contributed by atoms with Crippen molar-refractivity contribution < 1.29 is 9.90 Å². The van der Waals surface area contributed by atoms with Gasteiger partial charge in [0.05, 0.1) is 5.69 Å². The molecule has 0 saturated carbocycles. The third-order valence-electron chi connectivity index (χ3n) is 2.86. The summed E-state index contributed by atoms with van der Waals surface area (Å²) in [6, 6.07) is 10.8. The van der Waals surface area contributed by atoms with Gasteiger partial charge in [-0.05, 0) is 31.2 Å². The number of nitrogens with zero attached hydrogens (tertiary/aromatic N) is 2. The summed E-state index contributed by atoms with van der Waals surface area (Å²) in [6.45, 7) is 2.00. The Kier molecular flexibility index (Phi) is 3.37. The zero-order valence-corrected chi connectivity index (χ0v) is 10.8. The third-order valence-corrected chi connectivity index (χ3v) is 2.86. The molecule has 19 heavy (non-hydrogen) atoms. The molecule has 1 aromatic carbocycles. The number of benzene rings is 1. The Hall–Kier alpha value is -2.56. The number of aryl methyl sites for hydroxylation is 1. The van der Waals surface area contributed by atoms with Crippen LogP contribution in [0.15, 0.2) is 36.4 Å². The van der Waals surface area contributed by atoms with Gasteiger partial charge in [0, 0.05) is 12.7 Å². The standard InChI is InChI=1S/C14H15N3O2/c1-9-3-5-10(6-4-9)17(2)13-11(15)7-8-12(16-13)14(18)19/h3-8H,15H2,1-2H3,(H,18,19). The van der Waals surface area contributed by atoms with E-state index in [1.807, 2.05) is 31.2 Å². The maximum Gasteiger partial charge on any atom is 0.354 e. The minimum Gasteiger partial charge on any atom is -0.477 e. The Morgan fingerprint density at radius 1 is 1.21 bits per heavy atom. The highest BCUT2D eigenvalue weighted by atomic mass is 16.4. The van der Waals surface area contributed by atoms with Crippen LogP contribution in [-0.2, 0) is 0 Å². The monoisotopic (exact) mass is 257 g/mol. The van der Waals surface area contributed by atoms with Gasteiger partial charge in [-0.1, -0.05) is 17.7 Å². The summed E-state index contributed by atoms with van der Waals surface area (Å²) in [7, 11) is 1.80. The van der Waals surface area contributed by atoms with Crippen LogP contribution in [0.3, 0.4) is 0 Å². The van der Waals surface area contributed by atoms with E-state index in [0.29, 0.717) is 11.5 Å². The minimum atomic E-state index is -1.07. The van der Waals surface area contributed by atoms with Crippen LogP contribution < -0.4 is 10.6 Å². The summed E-state index contributed by atoms with van der Waals surface area (Å²) >= 11 is 0. The van der Waals surface area contributed by atoms with Crippen molar-refractivity contribution in [1.29, 1.82) is 0 Å². The molecule has 0 amide bonds. The van der Waals surface area contributed by atoms with E-state index in [9.17, 15) is 4.79 Å². The molecule has 0 aliphatic heterocycles. The number of pyridine rings is 1. The molecule has 2 aromatic rings. The molecule has 98 valence electrons.